The normalized spacial score (nSPS) is 15.6. The predicted octanol–water partition coefficient (Wildman–Crippen LogP) is 1.10. The van der Waals surface area contributed by atoms with Crippen LogP contribution in [0.1, 0.15) is 26.7 Å². The third-order valence-electron chi connectivity index (χ3n) is 1.78. The molecule has 0 aromatic carbocycles. The number of hydrogen-bond acceptors (Lipinski definition) is 4. The molecule has 1 aliphatic rings. The average molecular weight is 186 g/mol. The van der Waals surface area contributed by atoms with E-state index in [1.54, 1.807) is 13.8 Å². The molecule has 0 bridgehead atoms. The van der Waals surface area contributed by atoms with Crippen molar-refractivity contribution < 1.29 is 19.1 Å². The zero-order valence-corrected chi connectivity index (χ0v) is 7.91. The van der Waals surface area contributed by atoms with Crippen LogP contribution in [0.15, 0.2) is 0 Å². The fourth-order valence-electron chi connectivity index (χ4n) is 0.749. The predicted molar refractivity (Wildman–Crippen MR) is 44.6 cm³/mol. The van der Waals surface area contributed by atoms with Gasteiger partial charge in [0.1, 0.15) is 0 Å². The number of carbonyl (C=O) groups excluding carboxylic acids is 2. The van der Waals surface area contributed by atoms with Crippen molar-refractivity contribution in [3.63, 3.8) is 0 Å². The van der Waals surface area contributed by atoms with Gasteiger partial charge in [0.25, 0.3) is 0 Å². The summed E-state index contributed by atoms with van der Waals surface area (Å²) in [5.74, 6) is -0.725. The maximum Gasteiger partial charge on any atom is 0.311 e. The lowest BCUT2D eigenvalue weighted by Crippen LogP contribution is -2.17. The molecular weight excluding hydrogens is 172 g/mol. The number of carbonyl (C=O) groups is 2. The van der Waals surface area contributed by atoms with E-state index in [-0.39, 0.29) is 30.6 Å². The second-order valence-corrected chi connectivity index (χ2v) is 3.47. The summed E-state index contributed by atoms with van der Waals surface area (Å²) in [5.41, 5.74) is 0. The largest absolute Gasteiger partial charge is 0.428 e. The third kappa shape index (κ3) is 3.44. The molecule has 0 saturated heterocycles. The highest BCUT2D eigenvalue weighted by Crippen LogP contribution is 2.29. The summed E-state index contributed by atoms with van der Waals surface area (Å²) in [6, 6.07) is 0. The molecular formula is C9H14O4. The molecule has 0 spiro atoms. The van der Waals surface area contributed by atoms with E-state index in [1.165, 1.54) is 0 Å². The first kappa shape index (κ1) is 10.0. The van der Waals surface area contributed by atoms with Crippen LogP contribution >= 0.6 is 0 Å². The van der Waals surface area contributed by atoms with E-state index in [2.05, 4.69) is 4.74 Å². The molecule has 74 valence electrons. The van der Waals surface area contributed by atoms with Gasteiger partial charge in [-0.1, -0.05) is 13.8 Å². The Labute approximate surface area is 77.2 Å². The van der Waals surface area contributed by atoms with Crippen LogP contribution in [0.3, 0.4) is 0 Å². The Balaban J connectivity index is 2.06. The van der Waals surface area contributed by atoms with Crippen molar-refractivity contribution in [3.05, 3.63) is 0 Å². The molecule has 1 aliphatic carbocycles. The first-order valence-corrected chi connectivity index (χ1v) is 4.44. The highest BCUT2D eigenvalue weighted by Gasteiger charge is 2.31. The Morgan fingerprint density at radius 2 is 1.92 bits per heavy atom. The maximum absolute atomic E-state index is 10.9. The van der Waals surface area contributed by atoms with Crippen LogP contribution in [0, 0.1) is 11.8 Å². The standard InChI is InChI=1S/C9H14O4/c1-6(2)8(10)12-5-13-9(11)7-3-4-7/h6-7H,3-5H2,1-2H3. The van der Waals surface area contributed by atoms with Crippen molar-refractivity contribution in [2.45, 2.75) is 26.7 Å². The van der Waals surface area contributed by atoms with E-state index in [0.29, 0.717) is 0 Å². The Hall–Kier alpha value is -1.06. The summed E-state index contributed by atoms with van der Waals surface area (Å²) in [7, 11) is 0. The molecule has 1 fully saturated rings. The Morgan fingerprint density at radius 3 is 2.38 bits per heavy atom. The van der Waals surface area contributed by atoms with Crippen LogP contribution in [0.4, 0.5) is 0 Å². The first-order chi connectivity index (χ1) is 6.11. The molecule has 1 saturated carbocycles. The van der Waals surface area contributed by atoms with Gasteiger partial charge in [-0.15, -0.1) is 0 Å². The molecule has 4 heteroatoms. The number of esters is 2. The monoisotopic (exact) mass is 186 g/mol. The molecule has 0 atom stereocenters. The van der Waals surface area contributed by atoms with Crippen LogP contribution in [-0.2, 0) is 19.1 Å². The molecule has 0 unspecified atom stereocenters. The average Bonchev–Trinajstić information content (AvgIpc) is 2.85. The van der Waals surface area contributed by atoms with E-state index < -0.39 is 0 Å². The molecule has 0 amide bonds. The zero-order valence-electron chi connectivity index (χ0n) is 7.91. The Kier molecular flexibility index (Phi) is 3.28. The maximum atomic E-state index is 10.9. The smallest absolute Gasteiger partial charge is 0.311 e. The summed E-state index contributed by atoms with van der Waals surface area (Å²) >= 11 is 0. The molecule has 0 aliphatic heterocycles. The molecule has 0 aromatic heterocycles. The minimum absolute atomic E-state index is 0.0535. The van der Waals surface area contributed by atoms with Gasteiger partial charge in [0.15, 0.2) is 0 Å². The fourth-order valence-corrected chi connectivity index (χ4v) is 0.749. The zero-order chi connectivity index (χ0) is 9.84. The summed E-state index contributed by atoms with van der Waals surface area (Å²) in [6.45, 7) is 3.21. The molecule has 1 rings (SSSR count). The number of rotatable bonds is 4. The van der Waals surface area contributed by atoms with Gasteiger partial charge in [-0.3, -0.25) is 9.59 Å². The van der Waals surface area contributed by atoms with Gasteiger partial charge in [0.05, 0.1) is 11.8 Å². The van der Waals surface area contributed by atoms with Gasteiger partial charge in [0, 0.05) is 0 Å². The number of hydrogen-bond donors (Lipinski definition) is 0. The van der Waals surface area contributed by atoms with Crippen molar-refractivity contribution in [2.24, 2.45) is 11.8 Å². The van der Waals surface area contributed by atoms with Crippen LogP contribution in [0.25, 0.3) is 0 Å². The van der Waals surface area contributed by atoms with Crippen molar-refractivity contribution in [1.82, 2.24) is 0 Å². The van der Waals surface area contributed by atoms with Gasteiger partial charge >= 0.3 is 11.9 Å². The van der Waals surface area contributed by atoms with E-state index in [0.717, 1.165) is 12.8 Å². The van der Waals surface area contributed by atoms with Crippen LogP contribution in [0.2, 0.25) is 0 Å². The second-order valence-electron chi connectivity index (χ2n) is 3.47. The van der Waals surface area contributed by atoms with Crippen molar-refractivity contribution in [1.29, 1.82) is 0 Å². The molecule has 4 nitrogen and oxygen atoms in total. The van der Waals surface area contributed by atoms with Gasteiger partial charge in [-0.05, 0) is 12.8 Å². The van der Waals surface area contributed by atoms with Gasteiger partial charge in [-0.25, -0.2) is 0 Å². The minimum atomic E-state index is -0.344. The molecule has 0 radical (unpaired) electrons. The van der Waals surface area contributed by atoms with Gasteiger partial charge < -0.3 is 9.47 Å². The quantitative estimate of drug-likeness (QED) is 0.487. The highest BCUT2D eigenvalue weighted by molar-refractivity contribution is 5.75. The Bertz CT molecular complexity index is 192. The lowest BCUT2D eigenvalue weighted by molar-refractivity contribution is -0.170. The van der Waals surface area contributed by atoms with E-state index >= 15 is 0 Å². The molecule has 0 N–H and O–H groups in total. The molecule has 0 aromatic rings. The van der Waals surface area contributed by atoms with E-state index in [9.17, 15) is 9.59 Å². The van der Waals surface area contributed by atoms with Crippen LogP contribution < -0.4 is 0 Å². The SMILES string of the molecule is CC(C)C(=O)OCOC(=O)C1CC1. The molecule has 13 heavy (non-hydrogen) atoms. The summed E-state index contributed by atoms with van der Waals surface area (Å²) in [6.07, 6.45) is 1.80. The van der Waals surface area contributed by atoms with Crippen LogP contribution in [-0.4, -0.2) is 18.7 Å². The lowest BCUT2D eigenvalue weighted by Gasteiger charge is -2.06. The first-order valence-electron chi connectivity index (χ1n) is 4.44. The lowest BCUT2D eigenvalue weighted by atomic mass is 10.2. The third-order valence-corrected chi connectivity index (χ3v) is 1.78. The van der Waals surface area contributed by atoms with E-state index in [4.69, 9.17) is 4.74 Å². The van der Waals surface area contributed by atoms with E-state index in [1.807, 2.05) is 0 Å². The van der Waals surface area contributed by atoms with Gasteiger partial charge in [-0.2, -0.15) is 0 Å². The Morgan fingerprint density at radius 1 is 1.31 bits per heavy atom. The second kappa shape index (κ2) is 4.25. The van der Waals surface area contributed by atoms with Gasteiger partial charge in [0.2, 0.25) is 6.79 Å². The summed E-state index contributed by atoms with van der Waals surface area (Å²) in [5, 5.41) is 0. The summed E-state index contributed by atoms with van der Waals surface area (Å²) in [4.78, 5) is 21.8. The minimum Gasteiger partial charge on any atom is -0.428 e. The highest BCUT2D eigenvalue weighted by atomic mass is 16.7. The fraction of sp³-hybridized carbons (Fsp3) is 0.778. The van der Waals surface area contributed by atoms with Crippen molar-refractivity contribution >= 4 is 11.9 Å². The van der Waals surface area contributed by atoms with Crippen molar-refractivity contribution in [2.75, 3.05) is 6.79 Å². The summed E-state index contributed by atoms with van der Waals surface area (Å²) < 4.78 is 9.37. The van der Waals surface area contributed by atoms with Crippen LogP contribution in [0.5, 0.6) is 0 Å². The molecule has 0 heterocycles. The number of ether oxygens (including phenoxy) is 2. The topological polar surface area (TPSA) is 52.6 Å². The van der Waals surface area contributed by atoms with Crippen molar-refractivity contribution in [3.8, 4) is 0 Å².